The average Bonchev–Trinajstić information content (AvgIpc) is 2.97. The summed E-state index contributed by atoms with van der Waals surface area (Å²) in [5, 5.41) is 8.61. The van der Waals surface area contributed by atoms with E-state index in [9.17, 15) is 0 Å². The Morgan fingerprint density at radius 2 is 2.00 bits per heavy atom. The van der Waals surface area contributed by atoms with E-state index in [1.807, 2.05) is 28.9 Å². The molecule has 0 aliphatic rings. The Balaban J connectivity index is 1.96. The van der Waals surface area contributed by atoms with Crippen LogP contribution in [0.5, 0.6) is 0 Å². The molecule has 0 fully saturated rings. The van der Waals surface area contributed by atoms with Crippen molar-refractivity contribution in [1.29, 1.82) is 0 Å². The molecule has 0 bridgehead atoms. The van der Waals surface area contributed by atoms with Crippen LogP contribution in [-0.4, -0.2) is 14.8 Å². The number of nitrogen functional groups attached to an aromatic ring is 1. The third-order valence-electron chi connectivity index (χ3n) is 3.29. The van der Waals surface area contributed by atoms with Gasteiger partial charge in [0.25, 0.3) is 0 Å². The Kier molecular flexibility index (Phi) is 3.01. The molecule has 0 atom stereocenters. The van der Waals surface area contributed by atoms with Gasteiger partial charge >= 0.3 is 0 Å². The first-order chi connectivity index (χ1) is 9.45. The minimum Gasteiger partial charge on any atom is -0.382 e. The van der Waals surface area contributed by atoms with Crippen molar-refractivity contribution < 1.29 is 0 Å². The van der Waals surface area contributed by atoms with Gasteiger partial charge in [0.1, 0.15) is 5.01 Å². The number of thiazole rings is 1. The second kappa shape index (κ2) is 4.59. The summed E-state index contributed by atoms with van der Waals surface area (Å²) in [5.41, 5.74) is 8.22. The van der Waals surface area contributed by atoms with Gasteiger partial charge in [-0.1, -0.05) is 32.9 Å². The van der Waals surface area contributed by atoms with Gasteiger partial charge in [-0.25, -0.2) is 4.98 Å². The largest absolute Gasteiger partial charge is 0.382 e. The summed E-state index contributed by atoms with van der Waals surface area (Å²) >= 11 is 1.68. The number of hydrogen-bond donors (Lipinski definition) is 1. The summed E-state index contributed by atoms with van der Waals surface area (Å²) in [6.07, 6.45) is 0. The maximum Gasteiger partial charge on any atom is 0.153 e. The third-order valence-corrected chi connectivity index (χ3v) is 4.13. The third kappa shape index (κ3) is 2.29. The van der Waals surface area contributed by atoms with E-state index >= 15 is 0 Å². The van der Waals surface area contributed by atoms with Gasteiger partial charge in [0, 0.05) is 16.2 Å². The fourth-order valence-corrected chi connectivity index (χ4v) is 3.13. The molecule has 0 spiro atoms. The SMILES string of the molecule is CC(C)(C)c1csc(Cn2nc(N)c3ccccc32)n1. The molecule has 0 aliphatic heterocycles. The van der Waals surface area contributed by atoms with E-state index in [0.29, 0.717) is 12.4 Å². The highest BCUT2D eigenvalue weighted by atomic mass is 32.1. The predicted octanol–water partition coefficient (Wildman–Crippen LogP) is 3.42. The number of fused-ring (bicyclic) bond motifs is 1. The summed E-state index contributed by atoms with van der Waals surface area (Å²) < 4.78 is 1.93. The summed E-state index contributed by atoms with van der Waals surface area (Å²) in [6, 6.07) is 8.02. The average molecular weight is 286 g/mol. The van der Waals surface area contributed by atoms with E-state index in [4.69, 9.17) is 10.7 Å². The molecule has 104 valence electrons. The van der Waals surface area contributed by atoms with Crippen LogP contribution in [0.4, 0.5) is 5.82 Å². The fraction of sp³-hybridized carbons (Fsp3) is 0.333. The molecular weight excluding hydrogens is 268 g/mol. The zero-order valence-electron chi connectivity index (χ0n) is 11.9. The van der Waals surface area contributed by atoms with Crippen molar-refractivity contribution in [1.82, 2.24) is 14.8 Å². The lowest BCUT2D eigenvalue weighted by atomic mass is 9.93. The summed E-state index contributed by atoms with van der Waals surface area (Å²) in [5.74, 6) is 0.577. The monoisotopic (exact) mass is 286 g/mol. The summed E-state index contributed by atoms with van der Waals surface area (Å²) in [6.45, 7) is 7.19. The van der Waals surface area contributed by atoms with Crippen LogP contribution in [0, 0.1) is 0 Å². The molecule has 2 N–H and O–H groups in total. The molecule has 3 aromatic rings. The highest BCUT2D eigenvalue weighted by Gasteiger charge is 2.18. The van der Waals surface area contributed by atoms with Gasteiger partial charge < -0.3 is 5.73 Å². The van der Waals surface area contributed by atoms with Gasteiger partial charge in [-0.3, -0.25) is 4.68 Å². The standard InChI is InChI=1S/C15H18N4S/c1-15(2,3)12-9-20-13(17-12)8-19-11-7-5-4-6-10(11)14(16)18-19/h4-7,9H,8H2,1-3H3,(H2,16,18). The van der Waals surface area contributed by atoms with E-state index in [2.05, 4.69) is 31.2 Å². The van der Waals surface area contributed by atoms with Gasteiger partial charge in [0.15, 0.2) is 5.82 Å². The van der Waals surface area contributed by atoms with Gasteiger partial charge in [-0.15, -0.1) is 11.3 Å². The van der Waals surface area contributed by atoms with Crippen LogP contribution in [-0.2, 0) is 12.0 Å². The van der Waals surface area contributed by atoms with Crippen LogP contribution >= 0.6 is 11.3 Å². The van der Waals surface area contributed by atoms with E-state index in [1.165, 1.54) is 0 Å². The first-order valence-electron chi connectivity index (χ1n) is 6.61. The van der Waals surface area contributed by atoms with Gasteiger partial charge in [-0.2, -0.15) is 5.10 Å². The number of nitrogens with two attached hydrogens (primary N) is 1. The number of aromatic nitrogens is 3. The molecule has 20 heavy (non-hydrogen) atoms. The van der Waals surface area contributed by atoms with Crippen molar-refractivity contribution in [3.63, 3.8) is 0 Å². The minimum absolute atomic E-state index is 0.0833. The first kappa shape index (κ1) is 13.1. The maximum atomic E-state index is 5.96. The van der Waals surface area contributed by atoms with E-state index in [1.54, 1.807) is 11.3 Å². The van der Waals surface area contributed by atoms with E-state index < -0.39 is 0 Å². The van der Waals surface area contributed by atoms with Crippen molar-refractivity contribution in [3.05, 3.63) is 40.3 Å². The van der Waals surface area contributed by atoms with E-state index in [0.717, 1.165) is 21.6 Å². The molecule has 5 heteroatoms. The Morgan fingerprint density at radius 3 is 2.70 bits per heavy atom. The van der Waals surface area contributed by atoms with Crippen molar-refractivity contribution in [2.24, 2.45) is 0 Å². The summed E-state index contributed by atoms with van der Waals surface area (Å²) in [7, 11) is 0. The van der Waals surface area contributed by atoms with Crippen LogP contribution in [0.15, 0.2) is 29.6 Å². The van der Waals surface area contributed by atoms with Crippen molar-refractivity contribution in [2.45, 2.75) is 32.7 Å². The molecule has 0 aliphatic carbocycles. The van der Waals surface area contributed by atoms with Gasteiger partial charge in [0.2, 0.25) is 0 Å². The Morgan fingerprint density at radius 1 is 1.25 bits per heavy atom. The summed E-state index contributed by atoms with van der Waals surface area (Å²) in [4.78, 5) is 4.71. The van der Waals surface area contributed by atoms with Gasteiger partial charge in [0.05, 0.1) is 17.8 Å². The normalized spacial score (nSPS) is 12.2. The molecule has 1 aromatic carbocycles. The number of rotatable bonds is 2. The molecule has 0 radical (unpaired) electrons. The van der Waals surface area contributed by atoms with Crippen LogP contribution in [0.25, 0.3) is 10.9 Å². The van der Waals surface area contributed by atoms with Crippen molar-refractivity contribution >= 4 is 28.1 Å². The number of para-hydroxylation sites is 1. The number of anilines is 1. The second-order valence-corrected chi connectivity index (χ2v) is 6.88. The molecule has 4 nitrogen and oxygen atoms in total. The van der Waals surface area contributed by atoms with E-state index in [-0.39, 0.29) is 5.41 Å². The lowest BCUT2D eigenvalue weighted by Crippen LogP contribution is -2.12. The Bertz CT molecular complexity index is 749. The Labute approximate surface area is 122 Å². The number of benzene rings is 1. The van der Waals surface area contributed by atoms with Crippen LogP contribution in [0.3, 0.4) is 0 Å². The van der Waals surface area contributed by atoms with Crippen molar-refractivity contribution in [3.8, 4) is 0 Å². The van der Waals surface area contributed by atoms with Crippen LogP contribution in [0.1, 0.15) is 31.5 Å². The predicted molar refractivity (Wildman–Crippen MR) is 84.1 cm³/mol. The van der Waals surface area contributed by atoms with Crippen LogP contribution < -0.4 is 5.73 Å². The molecule has 3 rings (SSSR count). The second-order valence-electron chi connectivity index (χ2n) is 5.94. The highest BCUT2D eigenvalue weighted by Crippen LogP contribution is 2.26. The molecular formula is C15H18N4S. The lowest BCUT2D eigenvalue weighted by Gasteiger charge is -2.14. The first-order valence-corrected chi connectivity index (χ1v) is 7.49. The number of nitrogens with zero attached hydrogens (tertiary/aromatic N) is 3. The molecule has 0 unspecified atom stereocenters. The smallest absolute Gasteiger partial charge is 0.153 e. The zero-order chi connectivity index (χ0) is 14.3. The quantitative estimate of drug-likeness (QED) is 0.785. The lowest BCUT2D eigenvalue weighted by molar-refractivity contribution is 0.568. The molecule has 0 amide bonds. The molecule has 2 aromatic heterocycles. The minimum atomic E-state index is 0.0833. The highest BCUT2D eigenvalue weighted by molar-refractivity contribution is 7.09. The molecule has 0 saturated heterocycles. The zero-order valence-corrected chi connectivity index (χ0v) is 12.7. The maximum absolute atomic E-state index is 5.96. The number of hydrogen-bond acceptors (Lipinski definition) is 4. The van der Waals surface area contributed by atoms with Crippen LogP contribution in [0.2, 0.25) is 0 Å². The fourth-order valence-electron chi connectivity index (χ4n) is 2.13. The van der Waals surface area contributed by atoms with Gasteiger partial charge in [-0.05, 0) is 12.1 Å². The molecule has 2 heterocycles. The topological polar surface area (TPSA) is 56.7 Å². The molecule has 0 saturated carbocycles. The Hall–Kier alpha value is -1.88. The van der Waals surface area contributed by atoms with Crippen molar-refractivity contribution in [2.75, 3.05) is 5.73 Å².